The highest BCUT2D eigenvalue weighted by atomic mass is 16.3. The van der Waals surface area contributed by atoms with Gasteiger partial charge in [0.25, 0.3) is 0 Å². The fraction of sp³-hybridized carbons (Fsp3) is 0.273. The largest absolute Gasteiger partial charge is 0.385 e. The summed E-state index contributed by atoms with van der Waals surface area (Å²) in [5.41, 5.74) is 7.36. The van der Waals surface area contributed by atoms with E-state index in [1.165, 1.54) is 0 Å². The average molecular weight is 231 g/mol. The van der Waals surface area contributed by atoms with Crippen molar-refractivity contribution in [2.75, 3.05) is 0 Å². The number of nitrogens with zero attached hydrogens (tertiary/aromatic N) is 4. The Bertz CT molecular complexity index is 480. The summed E-state index contributed by atoms with van der Waals surface area (Å²) in [5, 5.41) is 24.7. The molecule has 6 heteroatoms. The van der Waals surface area contributed by atoms with Crippen LogP contribution in [0.4, 0.5) is 0 Å². The van der Waals surface area contributed by atoms with Crippen molar-refractivity contribution in [2.24, 2.45) is 5.73 Å². The summed E-state index contributed by atoms with van der Waals surface area (Å²) in [6, 6.07) is 7.54. The molecule has 2 aromatic rings. The van der Waals surface area contributed by atoms with E-state index in [0.29, 0.717) is 12.4 Å². The van der Waals surface area contributed by atoms with Gasteiger partial charge in [0, 0.05) is 12.1 Å². The molecule has 0 bridgehead atoms. The molecule has 1 atom stereocenters. The van der Waals surface area contributed by atoms with Gasteiger partial charge in [-0.15, -0.1) is 20.4 Å². The van der Waals surface area contributed by atoms with Gasteiger partial charge < -0.3 is 10.8 Å². The van der Waals surface area contributed by atoms with E-state index in [1.807, 2.05) is 24.3 Å². The fourth-order valence-electron chi connectivity index (χ4n) is 1.31. The monoisotopic (exact) mass is 231 g/mol. The molecule has 0 spiro atoms. The summed E-state index contributed by atoms with van der Waals surface area (Å²) < 4.78 is 0. The molecule has 1 unspecified atom stereocenters. The maximum atomic E-state index is 9.23. The van der Waals surface area contributed by atoms with Crippen molar-refractivity contribution < 1.29 is 5.11 Å². The lowest BCUT2D eigenvalue weighted by atomic mass is 10.1. The predicted molar refractivity (Wildman–Crippen MR) is 61.6 cm³/mol. The van der Waals surface area contributed by atoms with E-state index in [4.69, 9.17) is 5.73 Å². The lowest BCUT2D eigenvalue weighted by Gasteiger charge is -2.02. The molecular formula is C11H13N5O. The molecule has 0 saturated heterocycles. The van der Waals surface area contributed by atoms with E-state index in [-0.39, 0.29) is 5.82 Å². The highest BCUT2D eigenvalue weighted by molar-refractivity contribution is 5.54. The maximum Gasteiger partial charge on any atom is 0.203 e. The lowest BCUT2D eigenvalue weighted by Crippen LogP contribution is -2.05. The Labute approximate surface area is 98.5 Å². The van der Waals surface area contributed by atoms with Crippen molar-refractivity contribution in [1.82, 2.24) is 20.4 Å². The van der Waals surface area contributed by atoms with Crippen LogP contribution in [0.2, 0.25) is 0 Å². The zero-order valence-corrected chi connectivity index (χ0v) is 9.41. The van der Waals surface area contributed by atoms with E-state index in [9.17, 15) is 5.11 Å². The summed E-state index contributed by atoms with van der Waals surface area (Å²) in [6.45, 7) is 2.06. The molecule has 1 aromatic heterocycles. The first-order chi connectivity index (χ1) is 8.20. The van der Waals surface area contributed by atoms with Crippen LogP contribution < -0.4 is 5.73 Å². The summed E-state index contributed by atoms with van der Waals surface area (Å²) in [6.07, 6.45) is -0.760. The van der Waals surface area contributed by atoms with Gasteiger partial charge in [-0.3, -0.25) is 0 Å². The molecule has 0 aliphatic carbocycles. The molecule has 2 rings (SSSR count). The number of rotatable bonds is 3. The number of nitrogens with two attached hydrogens (primary N) is 1. The van der Waals surface area contributed by atoms with Crippen LogP contribution in [0.15, 0.2) is 24.3 Å². The number of aromatic nitrogens is 4. The average Bonchev–Trinajstić information content (AvgIpc) is 2.39. The molecular weight excluding hydrogens is 218 g/mol. The van der Waals surface area contributed by atoms with Crippen molar-refractivity contribution in [3.8, 4) is 11.4 Å². The molecule has 0 fully saturated rings. The normalized spacial score (nSPS) is 12.4. The first kappa shape index (κ1) is 11.6. The SMILES string of the molecule is CC(O)c1nnc(-c2ccc(CN)cc2)nn1. The van der Waals surface area contributed by atoms with Gasteiger partial charge in [0.05, 0.1) is 0 Å². The highest BCUT2D eigenvalue weighted by Gasteiger charge is 2.07. The number of hydrogen-bond donors (Lipinski definition) is 2. The second kappa shape index (κ2) is 4.94. The minimum absolute atomic E-state index is 0.215. The van der Waals surface area contributed by atoms with Crippen molar-refractivity contribution in [2.45, 2.75) is 19.6 Å². The fourth-order valence-corrected chi connectivity index (χ4v) is 1.31. The third-order valence-corrected chi connectivity index (χ3v) is 2.32. The second-order valence-electron chi connectivity index (χ2n) is 3.66. The van der Waals surface area contributed by atoms with Crippen LogP contribution in [0.5, 0.6) is 0 Å². The van der Waals surface area contributed by atoms with E-state index >= 15 is 0 Å². The molecule has 0 saturated carbocycles. The zero-order valence-electron chi connectivity index (χ0n) is 9.41. The molecule has 6 nitrogen and oxygen atoms in total. The molecule has 17 heavy (non-hydrogen) atoms. The summed E-state index contributed by atoms with van der Waals surface area (Å²) in [7, 11) is 0. The van der Waals surface area contributed by atoms with Crippen molar-refractivity contribution in [3.05, 3.63) is 35.7 Å². The van der Waals surface area contributed by atoms with Gasteiger partial charge in [0.15, 0.2) is 0 Å². The molecule has 1 aromatic carbocycles. The minimum Gasteiger partial charge on any atom is -0.385 e. The van der Waals surface area contributed by atoms with E-state index < -0.39 is 6.10 Å². The van der Waals surface area contributed by atoms with Crippen molar-refractivity contribution >= 4 is 0 Å². The van der Waals surface area contributed by atoms with Gasteiger partial charge in [-0.05, 0) is 12.5 Å². The Morgan fingerprint density at radius 3 is 2.18 bits per heavy atom. The summed E-state index contributed by atoms with van der Waals surface area (Å²) in [5.74, 6) is 0.644. The molecule has 0 aliphatic heterocycles. The van der Waals surface area contributed by atoms with Gasteiger partial charge in [0.2, 0.25) is 11.6 Å². The molecule has 0 radical (unpaired) electrons. The van der Waals surface area contributed by atoms with E-state index in [2.05, 4.69) is 20.4 Å². The first-order valence-corrected chi connectivity index (χ1v) is 5.25. The highest BCUT2D eigenvalue weighted by Crippen LogP contribution is 2.14. The third-order valence-electron chi connectivity index (χ3n) is 2.32. The van der Waals surface area contributed by atoms with Crippen LogP contribution in [0, 0.1) is 0 Å². The summed E-state index contributed by atoms with van der Waals surface area (Å²) >= 11 is 0. The lowest BCUT2D eigenvalue weighted by molar-refractivity contribution is 0.185. The van der Waals surface area contributed by atoms with Crippen LogP contribution in [0.25, 0.3) is 11.4 Å². The number of aliphatic hydroxyl groups is 1. The molecule has 0 aliphatic rings. The van der Waals surface area contributed by atoms with Crippen molar-refractivity contribution in [1.29, 1.82) is 0 Å². The second-order valence-corrected chi connectivity index (χ2v) is 3.66. The van der Waals surface area contributed by atoms with Crippen LogP contribution >= 0.6 is 0 Å². The van der Waals surface area contributed by atoms with E-state index in [1.54, 1.807) is 6.92 Å². The number of benzene rings is 1. The Hall–Kier alpha value is -1.92. The molecule has 0 amide bonds. The van der Waals surface area contributed by atoms with Gasteiger partial charge in [-0.25, -0.2) is 0 Å². The Morgan fingerprint density at radius 2 is 1.71 bits per heavy atom. The molecule has 3 N–H and O–H groups in total. The van der Waals surface area contributed by atoms with Gasteiger partial charge >= 0.3 is 0 Å². The van der Waals surface area contributed by atoms with Gasteiger partial charge in [0.1, 0.15) is 6.10 Å². The van der Waals surface area contributed by atoms with Crippen molar-refractivity contribution in [3.63, 3.8) is 0 Å². The first-order valence-electron chi connectivity index (χ1n) is 5.25. The van der Waals surface area contributed by atoms with Gasteiger partial charge in [-0.2, -0.15) is 0 Å². The number of aliphatic hydroxyl groups excluding tert-OH is 1. The topological polar surface area (TPSA) is 97.8 Å². The van der Waals surface area contributed by atoms with Crippen LogP contribution in [0.1, 0.15) is 24.4 Å². The molecule has 1 heterocycles. The zero-order chi connectivity index (χ0) is 12.3. The predicted octanol–water partition coefficient (Wildman–Crippen LogP) is 0.446. The van der Waals surface area contributed by atoms with Gasteiger partial charge in [-0.1, -0.05) is 24.3 Å². The van der Waals surface area contributed by atoms with Crippen LogP contribution in [0.3, 0.4) is 0 Å². The number of hydrogen-bond acceptors (Lipinski definition) is 6. The Balaban J connectivity index is 2.26. The third kappa shape index (κ3) is 2.61. The molecule has 88 valence electrons. The standard InChI is InChI=1S/C11H13N5O/c1-7(17)10-13-15-11(16-14-10)9-4-2-8(6-12)3-5-9/h2-5,7,17H,6,12H2,1H3. The minimum atomic E-state index is -0.760. The summed E-state index contributed by atoms with van der Waals surface area (Å²) in [4.78, 5) is 0. The van der Waals surface area contributed by atoms with Crippen LogP contribution in [-0.2, 0) is 6.54 Å². The quantitative estimate of drug-likeness (QED) is 0.795. The van der Waals surface area contributed by atoms with Crippen LogP contribution in [-0.4, -0.2) is 25.5 Å². The maximum absolute atomic E-state index is 9.23. The Kier molecular flexibility index (Phi) is 3.36. The van der Waals surface area contributed by atoms with E-state index in [0.717, 1.165) is 11.1 Å². The Morgan fingerprint density at radius 1 is 1.12 bits per heavy atom. The smallest absolute Gasteiger partial charge is 0.203 e.